The molecule has 106 valence electrons. The van der Waals surface area contributed by atoms with Gasteiger partial charge in [-0.2, -0.15) is 5.10 Å². The Morgan fingerprint density at radius 2 is 2.30 bits per heavy atom. The molecular weight excluding hydrogens is 256 g/mol. The minimum atomic E-state index is -0.0200. The lowest BCUT2D eigenvalue weighted by molar-refractivity contribution is 0.0598. The lowest BCUT2D eigenvalue weighted by atomic mass is 10.0. The Bertz CT molecular complexity index is 603. The molecule has 3 rings (SSSR count). The van der Waals surface area contributed by atoms with Crippen molar-refractivity contribution in [3.63, 3.8) is 0 Å². The van der Waals surface area contributed by atoms with E-state index in [1.165, 1.54) is 6.33 Å². The molecule has 1 N–H and O–H groups in total. The number of aromatic amines is 1. The number of hydrogen-bond donors (Lipinski definition) is 1. The minimum Gasteiger partial charge on any atom is -0.466 e. The van der Waals surface area contributed by atoms with Crippen molar-refractivity contribution in [1.29, 1.82) is 0 Å². The molecule has 2 aromatic heterocycles. The third-order valence-corrected chi connectivity index (χ3v) is 3.78. The molecule has 1 fully saturated rings. The number of likely N-dealkylation sites (tertiary alicyclic amines) is 1. The Morgan fingerprint density at radius 1 is 1.45 bits per heavy atom. The highest BCUT2D eigenvalue weighted by Crippen LogP contribution is 2.30. The average Bonchev–Trinajstić information content (AvgIpc) is 3.07. The summed E-state index contributed by atoms with van der Waals surface area (Å²) in [4.78, 5) is 18.8. The zero-order valence-corrected chi connectivity index (χ0v) is 11.7. The standard InChI is InChI=1S/C14H18N4O2/c1-9-7-11(10(2)20-9)14(19)18-6-4-3-5-12(18)13-15-8-16-17-13/h7-8,12H,3-6H2,1-2H3,(H,15,16,17). The van der Waals surface area contributed by atoms with Gasteiger partial charge in [0.15, 0.2) is 0 Å². The first kappa shape index (κ1) is 12.9. The Kier molecular flexibility index (Phi) is 3.30. The van der Waals surface area contributed by atoms with Crippen LogP contribution in [-0.2, 0) is 0 Å². The van der Waals surface area contributed by atoms with Crippen LogP contribution < -0.4 is 0 Å². The second-order valence-electron chi connectivity index (χ2n) is 5.21. The van der Waals surface area contributed by atoms with Gasteiger partial charge in [0, 0.05) is 6.54 Å². The molecule has 0 saturated carbocycles. The van der Waals surface area contributed by atoms with Gasteiger partial charge < -0.3 is 9.32 Å². The van der Waals surface area contributed by atoms with Gasteiger partial charge in [0.2, 0.25) is 0 Å². The minimum absolute atomic E-state index is 0.0143. The summed E-state index contributed by atoms with van der Waals surface area (Å²) < 4.78 is 5.47. The molecule has 1 atom stereocenters. The largest absolute Gasteiger partial charge is 0.466 e. The average molecular weight is 274 g/mol. The van der Waals surface area contributed by atoms with Crippen molar-refractivity contribution in [1.82, 2.24) is 20.1 Å². The van der Waals surface area contributed by atoms with Gasteiger partial charge >= 0.3 is 0 Å². The third-order valence-electron chi connectivity index (χ3n) is 3.78. The first-order valence-corrected chi connectivity index (χ1v) is 6.90. The van der Waals surface area contributed by atoms with Crippen LogP contribution in [0.4, 0.5) is 0 Å². The second-order valence-corrected chi connectivity index (χ2v) is 5.21. The van der Waals surface area contributed by atoms with Crippen LogP contribution in [0, 0.1) is 13.8 Å². The number of rotatable bonds is 2. The van der Waals surface area contributed by atoms with Gasteiger partial charge in [0.1, 0.15) is 23.7 Å². The number of carbonyl (C=O) groups excluding carboxylic acids is 1. The van der Waals surface area contributed by atoms with Gasteiger partial charge in [-0.15, -0.1) is 0 Å². The molecule has 1 saturated heterocycles. The van der Waals surface area contributed by atoms with E-state index < -0.39 is 0 Å². The highest BCUT2D eigenvalue weighted by Gasteiger charge is 2.31. The predicted molar refractivity (Wildman–Crippen MR) is 72.2 cm³/mol. The van der Waals surface area contributed by atoms with Crippen LogP contribution in [0.25, 0.3) is 0 Å². The SMILES string of the molecule is Cc1cc(C(=O)N2CCCCC2c2ncn[nH]2)c(C)o1. The van der Waals surface area contributed by atoms with Crippen LogP contribution in [0.2, 0.25) is 0 Å². The van der Waals surface area contributed by atoms with E-state index >= 15 is 0 Å². The molecular formula is C14H18N4O2. The molecule has 6 nitrogen and oxygen atoms in total. The summed E-state index contributed by atoms with van der Waals surface area (Å²) in [5.41, 5.74) is 0.647. The number of nitrogens with one attached hydrogen (secondary N) is 1. The summed E-state index contributed by atoms with van der Waals surface area (Å²) in [7, 11) is 0. The molecule has 0 radical (unpaired) electrons. The number of carbonyl (C=O) groups is 1. The third kappa shape index (κ3) is 2.21. The van der Waals surface area contributed by atoms with Crippen molar-refractivity contribution in [2.45, 2.75) is 39.2 Å². The monoisotopic (exact) mass is 274 g/mol. The van der Waals surface area contributed by atoms with Crippen molar-refractivity contribution in [2.24, 2.45) is 0 Å². The maximum Gasteiger partial charge on any atom is 0.258 e. The summed E-state index contributed by atoms with van der Waals surface area (Å²) in [5, 5.41) is 6.78. The quantitative estimate of drug-likeness (QED) is 0.912. The van der Waals surface area contributed by atoms with Crippen molar-refractivity contribution in [2.75, 3.05) is 6.54 Å². The van der Waals surface area contributed by atoms with Crippen LogP contribution in [0.1, 0.15) is 53.0 Å². The molecule has 1 amide bonds. The molecule has 0 spiro atoms. The van der Waals surface area contributed by atoms with Crippen LogP contribution in [0.5, 0.6) is 0 Å². The molecule has 1 aliphatic rings. The van der Waals surface area contributed by atoms with Crippen LogP contribution >= 0.6 is 0 Å². The zero-order chi connectivity index (χ0) is 14.1. The van der Waals surface area contributed by atoms with E-state index in [0.717, 1.165) is 37.4 Å². The molecule has 0 aliphatic carbocycles. The van der Waals surface area contributed by atoms with Crippen LogP contribution in [0.3, 0.4) is 0 Å². The molecule has 2 aromatic rings. The fourth-order valence-electron chi connectivity index (χ4n) is 2.83. The lowest BCUT2D eigenvalue weighted by Gasteiger charge is -2.34. The first-order valence-electron chi connectivity index (χ1n) is 6.90. The number of nitrogens with zero attached hydrogens (tertiary/aromatic N) is 3. The Labute approximate surface area is 117 Å². The van der Waals surface area contributed by atoms with Gasteiger partial charge in [0.25, 0.3) is 5.91 Å². The maximum atomic E-state index is 12.7. The van der Waals surface area contributed by atoms with E-state index in [0.29, 0.717) is 11.3 Å². The summed E-state index contributed by atoms with van der Waals surface area (Å²) in [6.45, 7) is 4.43. The van der Waals surface area contributed by atoms with E-state index in [9.17, 15) is 4.79 Å². The number of furan rings is 1. The van der Waals surface area contributed by atoms with Crippen molar-refractivity contribution < 1.29 is 9.21 Å². The Hall–Kier alpha value is -2.11. The van der Waals surface area contributed by atoms with E-state index in [4.69, 9.17) is 4.42 Å². The van der Waals surface area contributed by atoms with Gasteiger partial charge in [-0.05, 0) is 39.2 Å². The number of aryl methyl sites for hydroxylation is 2. The number of hydrogen-bond acceptors (Lipinski definition) is 4. The van der Waals surface area contributed by atoms with Crippen LogP contribution in [0.15, 0.2) is 16.8 Å². The predicted octanol–water partition coefficient (Wildman–Crippen LogP) is 2.38. The summed E-state index contributed by atoms with van der Waals surface area (Å²) >= 11 is 0. The lowest BCUT2D eigenvalue weighted by Crippen LogP contribution is -2.39. The van der Waals surface area contributed by atoms with E-state index in [2.05, 4.69) is 15.2 Å². The number of amides is 1. The number of aromatic nitrogens is 3. The Balaban J connectivity index is 1.90. The molecule has 0 bridgehead atoms. The van der Waals surface area contributed by atoms with Crippen molar-refractivity contribution >= 4 is 5.91 Å². The number of piperidine rings is 1. The molecule has 1 aliphatic heterocycles. The summed E-state index contributed by atoms with van der Waals surface area (Å²) in [6.07, 6.45) is 4.52. The Morgan fingerprint density at radius 3 is 2.95 bits per heavy atom. The number of H-pyrrole nitrogens is 1. The van der Waals surface area contributed by atoms with Crippen LogP contribution in [-0.4, -0.2) is 32.5 Å². The van der Waals surface area contributed by atoms with Crippen molar-refractivity contribution in [3.05, 3.63) is 35.3 Å². The highest BCUT2D eigenvalue weighted by molar-refractivity contribution is 5.95. The van der Waals surface area contributed by atoms with Gasteiger partial charge in [-0.25, -0.2) is 4.98 Å². The summed E-state index contributed by atoms with van der Waals surface area (Å²) in [6, 6.07) is 1.79. The summed E-state index contributed by atoms with van der Waals surface area (Å²) in [5.74, 6) is 2.21. The van der Waals surface area contributed by atoms with Crippen molar-refractivity contribution in [3.8, 4) is 0 Å². The fraction of sp³-hybridized carbons (Fsp3) is 0.500. The normalized spacial score (nSPS) is 19.3. The molecule has 3 heterocycles. The first-order chi connectivity index (χ1) is 9.66. The van der Waals surface area contributed by atoms with E-state index in [1.807, 2.05) is 24.8 Å². The second kappa shape index (κ2) is 5.11. The van der Waals surface area contributed by atoms with Gasteiger partial charge in [0.05, 0.1) is 11.6 Å². The van der Waals surface area contributed by atoms with Gasteiger partial charge in [-0.3, -0.25) is 9.89 Å². The molecule has 0 aromatic carbocycles. The van der Waals surface area contributed by atoms with Gasteiger partial charge in [-0.1, -0.05) is 0 Å². The smallest absolute Gasteiger partial charge is 0.258 e. The molecule has 1 unspecified atom stereocenters. The molecule has 20 heavy (non-hydrogen) atoms. The van der Waals surface area contributed by atoms with E-state index in [1.54, 1.807) is 0 Å². The maximum absolute atomic E-state index is 12.7. The fourth-order valence-corrected chi connectivity index (χ4v) is 2.83. The van der Waals surface area contributed by atoms with E-state index in [-0.39, 0.29) is 11.9 Å². The topological polar surface area (TPSA) is 75.0 Å². The zero-order valence-electron chi connectivity index (χ0n) is 11.7. The highest BCUT2D eigenvalue weighted by atomic mass is 16.3. The molecule has 6 heteroatoms.